The monoisotopic (exact) mass is 220 g/mol. The van der Waals surface area contributed by atoms with Gasteiger partial charge in [0.05, 0.1) is 10.1 Å². The van der Waals surface area contributed by atoms with Crippen molar-refractivity contribution in [1.29, 1.82) is 0 Å². The van der Waals surface area contributed by atoms with Crippen LogP contribution in [0.1, 0.15) is 25.7 Å². The third-order valence-corrected chi connectivity index (χ3v) is 5.23. The van der Waals surface area contributed by atoms with E-state index >= 15 is 0 Å². The van der Waals surface area contributed by atoms with Crippen LogP contribution in [-0.2, 0) is 9.84 Å². The van der Waals surface area contributed by atoms with Crippen molar-refractivity contribution >= 4 is 23.1 Å². The van der Waals surface area contributed by atoms with Crippen molar-refractivity contribution in [2.45, 2.75) is 35.8 Å². The minimum atomic E-state index is -3.11. The summed E-state index contributed by atoms with van der Waals surface area (Å²) in [5.41, 5.74) is 0.598. The van der Waals surface area contributed by atoms with Crippen LogP contribution < -0.4 is 5.46 Å². The second-order valence-corrected chi connectivity index (χ2v) is 6.25. The molecule has 1 saturated carbocycles. The van der Waals surface area contributed by atoms with Gasteiger partial charge in [0.1, 0.15) is 7.85 Å². The lowest BCUT2D eigenvalue weighted by Gasteiger charge is -2.10. The molecule has 0 atom stereocenters. The Hall–Kier alpha value is -0.765. The van der Waals surface area contributed by atoms with Crippen LogP contribution in [0.15, 0.2) is 29.2 Å². The molecule has 0 spiro atoms. The lowest BCUT2D eigenvalue weighted by atomic mass is 9.97. The molecular formula is C11H13BO2S. The van der Waals surface area contributed by atoms with E-state index in [-0.39, 0.29) is 5.25 Å². The molecule has 0 aromatic heterocycles. The molecule has 0 heterocycles. The molecule has 1 aromatic carbocycles. The van der Waals surface area contributed by atoms with Crippen LogP contribution in [0.3, 0.4) is 0 Å². The molecular weight excluding hydrogens is 207 g/mol. The Kier molecular flexibility index (Phi) is 2.87. The van der Waals surface area contributed by atoms with Crippen molar-refractivity contribution in [2.75, 3.05) is 0 Å². The molecule has 1 aliphatic rings. The highest BCUT2D eigenvalue weighted by Gasteiger charge is 2.29. The summed E-state index contributed by atoms with van der Waals surface area (Å²) in [5, 5.41) is -0.180. The van der Waals surface area contributed by atoms with Crippen molar-refractivity contribution in [3.63, 3.8) is 0 Å². The summed E-state index contributed by atoms with van der Waals surface area (Å²) in [4.78, 5) is 0.406. The summed E-state index contributed by atoms with van der Waals surface area (Å²) in [5.74, 6) is 0. The van der Waals surface area contributed by atoms with Crippen LogP contribution in [0.5, 0.6) is 0 Å². The highest BCUT2D eigenvalue weighted by molar-refractivity contribution is 7.92. The highest BCUT2D eigenvalue weighted by Crippen LogP contribution is 2.29. The van der Waals surface area contributed by atoms with Crippen LogP contribution in [0, 0.1) is 0 Å². The molecule has 1 fully saturated rings. The Morgan fingerprint density at radius 1 is 1.07 bits per heavy atom. The number of rotatable bonds is 2. The Morgan fingerprint density at radius 3 is 2.13 bits per heavy atom. The minimum absolute atomic E-state index is 0.180. The standard InChI is InChI=1S/C11H13BO2S/c12-9-5-7-11(8-6-9)15(13,14)10-3-1-2-4-10/h5-8,10H,1-4H2. The number of benzene rings is 1. The van der Waals surface area contributed by atoms with Gasteiger partial charge >= 0.3 is 0 Å². The first-order valence-corrected chi connectivity index (χ1v) is 6.75. The van der Waals surface area contributed by atoms with Crippen LogP contribution in [0.4, 0.5) is 0 Å². The normalized spacial score (nSPS) is 18.1. The van der Waals surface area contributed by atoms with Gasteiger partial charge in [0.2, 0.25) is 0 Å². The lowest BCUT2D eigenvalue weighted by Crippen LogP contribution is -2.18. The molecule has 0 aliphatic heterocycles. The molecule has 0 bridgehead atoms. The summed E-state index contributed by atoms with van der Waals surface area (Å²) in [7, 11) is 2.42. The van der Waals surface area contributed by atoms with E-state index in [0.717, 1.165) is 25.7 Å². The summed E-state index contributed by atoms with van der Waals surface area (Å²) in [6.07, 6.45) is 3.65. The maximum Gasteiger partial charge on any atom is 0.181 e. The van der Waals surface area contributed by atoms with Crippen molar-refractivity contribution in [2.24, 2.45) is 0 Å². The van der Waals surface area contributed by atoms with Gasteiger partial charge in [-0.3, -0.25) is 0 Å². The van der Waals surface area contributed by atoms with E-state index in [9.17, 15) is 8.42 Å². The molecule has 1 aliphatic carbocycles. The van der Waals surface area contributed by atoms with Gasteiger partial charge in [-0.25, -0.2) is 8.42 Å². The van der Waals surface area contributed by atoms with Gasteiger partial charge in [0.15, 0.2) is 9.84 Å². The maximum atomic E-state index is 12.1. The van der Waals surface area contributed by atoms with Gasteiger partial charge < -0.3 is 0 Å². The van der Waals surface area contributed by atoms with Crippen molar-refractivity contribution < 1.29 is 8.42 Å². The molecule has 0 unspecified atom stereocenters. The van der Waals surface area contributed by atoms with Crippen molar-refractivity contribution in [3.8, 4) is 0 Å². The topological polar surface area (TPSA) is 34.1 Å². The van der Waals surface area contributed by atoms with E-state index in [4.69, 9.17) is 7.85 Å². The molecule has 4 heteroatoms. The minimum Gasteiger partial charge on any atom is -0.223 e. The Balaban J connectivity index is 2.32. The fourth-order valence-corrected chi connectivity index (χ4v) is 3.90. The average Bonchev–Trinajstić information content (AvgIpc) is 2.71. The van der Waals surface area contributed by atoms with E-state index in [0.29, 0.717) is 10.4 Å². The Labute approximate surface area is 92.0 Å². The van der Waals surface area contributed by atoms with Gasteiger partial charge in [-0.2, -0.15) is 0 Å². The van der Waals surface area contributed by atoms with Gasteiger partial charge in [-0.1, -0.05) is 30.4 Å². The van der Waals surface area contributed by atoms with E-state index < -0.39 is 9.84 Å². The Bertz CT molecular complexity index is 430. The van der Waals surface area contributed by atoms with Crippen LogP contribution >= 0.6 is 0 Å². The Morgan fingerprint density at radius 2 is 1.60 bits per heavy atom. The molecule has 2 radical (unpaired) electrons. The van der Waals surface area contributed by atoms with Gasteiger partial charge in [-0.15, -0.1) is 0 Å². The second-order valence-electron chi connectivity index (χ2n) is 4.02. The van der Waals surface area contributed by atoms with E-state index in [1.165, 1.54) is 0 Å². The van der Waals surface area contributed by atoms with Gasteiger partial charge in [0, 0.05) is 0 Å². The summed E-state index contributed by atoms with van der Waals surface area (Å²) < 4.78 is 24.2. The number of sulfone groups is 1. The molecule has 0 saturated heterocycles. The maximum absolute atomic E-state index is 12.1. The molecule has 0 N–H and O–H groups in total. The molecule has 0 amide bonds. The van der Waals surface area contributed by atoms with E-state index in [1.807, 2.05) is 0 Å². The number of hydrogen-bond acceptors (Lipinski definition) is 2. The highest BCUT2D eigenvalue weighted by atomic mass is 32.2. The summed E-state index contributed by atoms with van der Waals surface area (Å²) in [6.45, 7) is 0. The zero-order chi connectivity index (χ0) is 10.9. The van der Waals surface area contributed by atoms with Crippen molar-refractivity contribution in [1.82, 2.24) is 0 Å². The quantitative estimate of drug-likeness (QED) is 0.701. The first-order chi connectivity index (χ1) is 7.10. The smallest absolute Gasteiger partial charge is 0.181 e. The fraction of sp³-hybridized carbons (Fsp3) is 0.455. The predicted octanol–water partition coefficient (Wildman–Crippen LogP) is 1.20. The zero-order valence-corrected chi connectivity index (χ0v) is 9.33. The second kappa shape index (κ2) is 4.01. The summed E-state index contributed by atoms with van der Waals surface area (Å²) in [6, 6.07) is 6.48. The van der Waals surface area contributed by atoms with E-state index in [1.54, 1.807) is 24.3 Å². The van der Waals surface area contributed by atoms with Crippen LogP contribution in [0.25, 0.3) is 0 Å². The average molecular weight is 220 g/mol. The van der Waals surface area contributed by atoms with Crippen LogP contribution in [0.2, 0.25) is 0 Å². The fourth-order valence-electron chi connectivity index (χ4n) is 2.05. The SMILES string of the molecule is [B]c1ccc(S(=O)(=O)C2CCCC2)cc1. The molecule has 1 aromatic rings. The van der Waals surface area contributed by atoms with Crippen LogP contribution in [-0.4, -0.2) is 21.5 Å². The molecule has 2 rings (SSSR count). The summed E-state index contributed by atoms with van der Waals surface area (Å²) >= 11 is 0. The first kappa shape index (κ1) is 10.7. The third kappa shape index (κ3) is 2.10. The van der Waals surface area contributed by atoms with Gasteiger partial charge in [0.25, 0.3) is 0 Å². The van der Waals surface area contributed by atoms with Gasteiger partial charge in [-0.05, 0) is 25.0 Å². The molecule has 78 valence electrons. The third-order valence-electron chi connectivity index (χ3n) is 2.95. The number of hydrogen-bond donors (Lipinski definition) is 0. The lowest BCUT2D eigenvalue weighted by molar-refractivity contribution is 0.579. The predicted molar refractivity (Wildman–Crippen MR) is 61.3 cm³/mol. The van der Waals surface area contributed by atoms with E-state index in [2.05, 4.69) is 0 Å². The van der Waals surface area contributed by atoms with Crippen molar-refractivity contribution in [3.05, 3.63) is 24.3 Å². The first-order valence-electron chi connectivity index (χ1n) is 5.20. The molecule has 15 heavy (non-hydrogen) atoms. The largest absolute Gasteiger partial charge is 0.223 e. The zero-order valence-electron chi connectivity index (χ0n) is 8.52. The molecule has 2 nitrogen and oxygen atoms in total.